The largest absolute Gasteiger partial charge is 0.479 e. The highest BCUT2D eigenvalue weighted by molar-refractivity contribution is 7.80. The molecule has 0 aromatic heterocycles. The second-order valence-corrected chi connectivity index (χ2v) is 4.38. The van der Waals surface area contributed by atoms with Crippen molar-refractivity contribution >= 4 is 24.2 Å². The minimum Gasteiger partial charge on any atom is -0.479 e. The van der Waals surface area contributed by atoms with Gasteiger partial charge in [-0.3, -0.25) is 4.79 Å². The van der Waals surface area contributed by atoms with Crippen molar-refractivity contribution in [3.63, 3.8) is 0 Å². The first-order chi connectivity index (χ1) is 7.63. The minimum absolute atomic E-state index is 0.00514. The average Bonchev–Trinajstić information content (AvgIpc) is 2.26. The summed E-state index contributed by atoms with van der Waals surface area (Å²) >= 11 is 4.20. The molecular weight excluding hydrogens is 222 g/mol. The molecule has 4 heteroatoms. The van der Waals surface area contributed by atoms with Gasteiger partial charge in [0.15, 0.2) is 6.10 Å². The van der Waals surface area contributed by atoms with Crippen LogP contribution >= 0.6 is 12.6 Å². The molecule has 1 unspecified atom stereocenters. The molecule has 0 fully saturated rings. The third-order valence-electron chi connectivity index (χ3n) is 2.77. The highest BCUT2D eigenvalue weighted by Gasteiger charge is 2.28. The van der Waals surface area contributed by atoms with E-state index in [4.69, 9.17) is 4.74 Å². The van der Waals surface area contributed by atoms with E-state index in [1.807, 2.05) is 18.2 Å². The zero-order valence-electron chi connectivity index (χ0n) is 9.43. The molecule has 86 valence electrons. The molecule has 1 heterocycles. The number of rotatable bonds is 2. The van der Waals surface area contributed by atoms with Crippen LogP contribution in [0.15, 0.2) is 18.2 Å². The Labute approximate surface area is 101 Å². The van der Waals surface area contributed by atoms with Crippen LogP contribution in [0.5, 0.6) is 5.75 Å². The molecule has 0 saturated heterocycles. The van der Waals surface area contributed by atoms with Gasteiger partial charge in [0.1, 0.15) is 5.75 Å². The van der Waals surface area contributed by atoms with Crippen molar-refractivity contribution in [1.82, 2.24) is 0 Å². The fourth-order valence-corrected chi connectivity index (χ4v) is 2.11. The number of carbonyl (C=O) groups is 1. The van der Waals surface area contributed by atoms with Crippen LogP contribution in [0.25, 0.3) is 0 Å². The van der Waals surface area contributed by atoms with Gasteiger partial charge in [-0.1, -0.05) is 6.07 Å². The van der Waals surface area contributed by atoms with Gasteiger partial charge in [0.05, 0.1) is 5.69 Å². The van der Waals surface area contributed by atoms with Gasteiger partial charge in [-0.05, 0) is 36.8 Å². The van der Waals surface area contributed by atoms with Crippen molar-refractivity contribution in [1.29, 1.82) is 0 Å². The molecule has 2 rings (SSSR count). The molecule has 1 aromatic carbocycles. The standard InChI is InChI=1S/C12H15NO2S/c1-8-12(14)13(2)10-4-3-9(5-6-16)7-11(10)15-8/h3-4,7-8,16H,5-6H2,1-2H3. The lowest BCUT2D eigenvalue weighted by molar-refractivity contribution is -0.125. The van der Waals surface area contributed by atoms with Crippen LogP contribution in [-0.2, 0) is 11.2 Å². The van der Waals surface area contributed by atoms with Gasteiger partial charge in [0, 0.05) is 7.05 Å². The van der Waals surface area contributed by atoms with Crippen molar-refractivity contribution < 1.29 is 9.53 Å². The molecule has 1 aliphatic rings. The Morgan fingerprint density at radius 2 is 2.25 bits per heavy atom. The predicted molar refractivity (Wildman–Crippen MR) is 67.5 cm³/mol. The van der Waals surface area contributed by atoms with Crippen molar-refractivity contribution in [3.05, 3.63) is 23.8 Å². The van der Waals surface area contributed by atoms with Crippen LogP contribution in [0.3, 0.4) is 0 Å². The molecule has 1 aliphatic heterocycles. The van der Waals surface area contributed by atoms with Crippen LogP contribution in [0.2, 0.25) is 0 Å². The summed E-state index contributed by atoms with van der Waals surface area (Å²) in [6, 6.07) is 5.93. The van der Waals surface area contributed by atoms with E-state index in [0.717, 1.165) is 23.6 Å². The van der Waals surface area contributed by atoms with E-state index in [9.17, 15) is 4.79 Å². The molecular formula is C12H15NO2S. The molecule has 1 atom stereocenters. The molecule has 0 radical (unpaired) electrons. The van der Waals surface area contributed by atoms with Crippen molar-refractivity contribution in [3.8, 4) is 5.75 Å². The minimum atomic E-state index is -0.399. The Kier molecular flexibility index (Phi) is 3.10. The number of nitrogens with zero attached hydrogens (tertiary/aromatic N) is 1. The normalized spacial score (nSPS) is 19.3. The summed E-state index contributed by atoms with van der Waals surface area (Å²) in [6.07, 6.45) is 0.509. The topological polar surface area (TPSA) is 29.5 Å². The van der Waals surface area contributed by atoms with E-state index in [-0.39, 0.29) is 5.91 Å². The number of hydrogen-bond acceptors (Lipinski definition) is 3. The van der Waals surface area contributed by atoms with Crippen LogP contribution in [0.4, 0.5) is 5.69 Å². The lowest BCUT2D eigenvalue weighted by atomic mass is 10.1. The van der Waals surface area contributed by atoms with Crippen LogP contribution in [0.1, 0.15) is 12.5 Å². The van der Waals surface area contributed by atoms with E-state index in [0.29, 0.717) is 0 Å². The zero-order chi connectivity index (χ0) is 11.7. The number of fused-ring (bicyclic) bond motifs is 1. The highest BCUT2D eigenvalue weighted by Crippen LogP contribution is 2.33. The van der Waals surface area contributed by atoms with Gasteiger partial charge in [-0.15, -0.1) is 0 Å². The summed E-state index contributed by atoms with van der Waals surface area (Å²) in [7, 11) is 1.78. The van der Waals surface area contributed by atoms with Gasteiger partial charge >= 0.3 is 0 Å². The van der Waals surface area contributed by atoms with E-state index < -0.39 is 6.10 Å². The van der Waals surface area contributed by atoms with Crippen molar-refractivity contribution in [2.75, 3.05) is 17.7 Å². The quantitative estimate of drug-likeness (QED) is 0.796. The zero-order valence-corrected chi connectivity index (χ0v) is 10.3. The molecule has 16 heavy (non-hydrogen) atoms. The molecule has 3 nitrogen and oxygen atoms in total. The number of hydrogen-bond donors (Lipinski definition) is 1. The Morgan fingerprint density at radius 1 is 1.50 bits per heavy atom. The van der Waals surface area contributed by atoms with E-state index in [1.54, 1.807) is 18.9 Å². The number of carbonyl (C=O) groups excluding carboxylic acids is 1. The molecule has 1 amide bonds. The number of likely N-dealkylation sites (N-methyl/N-ethyl adjacent to an activating group) is 1. The maximum atomic E-state index is 11.7. The summed E-state index contributed by atoms with van der Waals surface area (Å²) < 4.78 is 5.59. The fraction of sp³-hybridized carbons (Fsp3) is 0.417. The van der Waals surface area contributed by atoms with Crippen molar-refractivity contribution in [2.45, 2.75) is 19.4 Å². The third-order valence-corrected chi connectivity index (χ3v) is 2.99. The smallest absolute Gasteiger partial charge is 0.267 e. The van der Waals surface area contributed by atoms with Gasteiger partial charge in [-0.2, -0.15) is 12.6 Å². The number of amides is 1. The molecule has 0 N–H and O–H groups in total. The van der Waals surface area contributed by atoms with Gasteiger partial charge in [0.2, 0.25) is 0 Å². The summed E-state index contributed by atoms with van der Waals surface area (Å²) in [5.74, 6) is 1.59. The number of anilines is 1. The van der Waals surface area contributed by atoms with Gasteiger partial charge < -0.3 is 9.64 Å². The Hall–Kier alpha value is -1.16. The Balaban J connectivity index is 2.37. The molecule has 1 aromatic rings. The number of benzene rings is 1. The first-order valence-corrected chi connectivity index (χ1v) is 5.94. The summed E-state index contributed by atoms with van der Waals surface area (Å²) in [4.78, 5) is 13.3. The lowest BCUT2D eigenvalue weighted by Gasteiger charge is -2.30. The van der Waals surface area contributed by atoms with Crippen LogP contribution < -0.4 is 9.64 Å². The maximum absolute atomic E-state index is 11.7. The second-order valence-electron chi connectivity index (χ2n) is 3.93. The van der Waals surface area contributed by atoms with Crippen molar-refractivity contribution in [2.24, 2.45) is 0 Å². The molecule has 0 aliphatic carbocycles. The summed E-state index contributed by atoms with van der Waals surface area (Å²) in [5, 5.41) is 0. The number of aryl methyl sites for hydroxylation is 1. The Morgan fingerprint density at radius 3 is 2.94 bits per heavy atom. The molecule has 0 bridgehead atoms. The van der Waals surface area contributed by atoms with Gasteiger partial charge in [0.25, 0.3) is 5.91 Å². The molecule has 0 saturated carbocycles. The van der Waals surface area contributed by atoms with Gasteiger partial charge in [-0.25, -0.2) is 0 Å². The maximum Gasteiger partial charge on any atom is 0.267 e. The molecule has 0 spiro atoms. The SMILES string of the molecule is CC1Oc2cc(CCS)ccc2N(C)C1=O. The van der Waals surface area contributed by atoms with Crippen LogP contribution in [0, 0.1) is 0 Å². The van der Waals surface area contributed by atoms with E-state index in [2.05, 4.69) is 12.6 Å². The van der Waals surface area contributed by atoms with Crippen LogP contribution in [-0.4, -0.2) is 24.8 Å². The average molecular weight is 237 g/mol. The summed E-state index contributed by atoms with van der Waals surface area (Å²) in [6.45, 7) is 1.77. The first kappa shape index (κ1) is 11.3. The lowest BCUT2D eigenvalue weighted by Crippen LogP contribution is -2.41. The predicted octanol–water partition coefficient (Wildman–Crippen LogP) is 1.90. The highest BCUT2D eigenvalue weighted by atomic mass is 32.1. The number of thiol groups is 1. The first-order valence-electron chi connectivity index (χ1n) is 5.31. The Bertz CT molecular complexity index is 419. The fourth-order valence-electron chi connectivity index (χ4n) is 1.85. The van der Waals surface area contributed by atoms with E-state index >= 15 is 0 Å². The third kappa shape index (κ3) is 1.89. The van der Waals surface area contributed by atoms with E-state index in [1.165, 1.54) is 5.56 Å². The monoisotopic (exact) mass is 237 g/mol. The summed E-state index contributed by atoms with van der Waals surface area (Å²) in [5.41, 5.74) is 2.02. The number of ether oxygens (including phenoxy) is 1. The second kappa shape index (κ2) is 4.37.